The molecule has 0 amide bonds. The van der Waals surface area contributed by atoms with Gasteiger partial charge < -0.3 is 10.1 Å². The highest BCUT2D eigenvalue weighted by molar-refractivity contribution is 6.02. The predicted octanol–water partition coefficient (Wildman–Crippen LogP) is 2.16. The number of halogens is 1. The first-order chi connectivity index (χ1) is 8.22. The molecule has 0 saturated carbocycles. The van der Waals surface area contributed by atoms with E-state index in [4.69, 9.17) is 4.74 Å². The fourth-order valence-electron chi connectivity index (χ4n) is 2.07. The van der Waals surface area contributed by atoms with E-state index in [2.05, 4.69) is 5.32 Å². The molecule has 17 heavy (non-hydrogen) atoms. The Morgan fingerprint density at radius 3 is 3.06 bits per heavy atom. The van der Waals surface area contributed by atoms with Gasteiger partial charge in [-0.1, -0.05) is 0 Å². The van der Waals surface area contributed by atoms with Gasteiger partial charge in [-0.3, -0.25) is 4.79 Å². The van der Waals surface area contributed by atoms with Crippen molar-refractivity contribution in [2.45, 2.75) is 25.8 Å². The fraction of sp³-hybridized carbons (Fsp3) is 0.462. The largest absolute Gasteiger partial charge is 0.493 e. The Morgan fingerprint density at radius 1 is 1.59 bits per heavy atom. The van der Waals surface area contributed by atoms with Gasteiger partial charge in [-0.05, 0) is 44.5 Å². The topological polar surface area (TPSA) is 38.3 Å². The molecule has 1 aromatic carbocycles. The molecule has 0 aliphatic carbocycles. The number of rotatable bonds is 4. The molecule has 0 bridgehead atoms. The fourth-order valence-corrected chi connectivity index (χ4v) is 2.07. The molecule has 1 saturated heterocycles. The Hall–Kier alpha value is -1.42. The third-order valence-electron chi connectivity index (χ3n) is 2.88. The van der Waals surface area contributed by atoms with E-state index in [1.54, 1.807) is 0 Å². The Morgan fingerprint density at radius 2 is 2.41 bits per heavy atom. The molecule has 0 aromatic heterocycles. The Bertz CT molecular complexity index is 414. The molecule has 0 spiro atoms. The monoisotopic (exact) mass is 237 g/mol. The number of Topliss-reactive ketones (excluding diaryl/α,β-unsaturated/α-hetero) is 1. The van der Waals surface area contributed by atoms with E-state index in [-0.39, 0.29) is 11.8 Å². The highest BCUT2D eigenvalue weighted by Gasteiger charge is 2.25. The molecule has 1 heterocycles. The second kappa shape index (κ2) is 5.27. The molecule has 3 nitrogen and oxygen atoms in total. The van der Waals surface area contributed by atoms with E-state index < -0.39 is 5.82 Å². The van der Waals surface area contributed by atoms with Crippen LogP contribution < -0.4 is 10.1 Å². The van der Waals surface area contributed by atoms with E-state index in [9.17, 15) is 9.18 Å². The van der Waals surface area contributed by atoms with Crippen LogP contribution in [0.15, 0.2) is 18.2 Å². The summed E-state index contributed by atoms with van der Waals surface area (Å²) in [5, 5.41) is 3.12. The van der Waals surface area contributed by atoms with Crippen molar-refractivity contribution in [3.63, 3.8) is 0 Å². The van der Waals surface area contributed by atoms with Crippen molar-refractivity contribution >= 4 is 5.78 Å². The summed E-state index contributed by atoms with van der Waals surface area (Å²) in [6, 6.07) is 3.88. The van der Waals surface area contributed by atoms with Gasteiger partial charge in [0.15, 0.2) is 5.78 Å². The van der Waals surface area contributed by atoms with Gasteiger partial charge in [0.25, 0.3) is 0 Å². The molecule has 1 fully saturated rings. The van der Waals surface area contributed by atoms with Gasteiger partial charge in [-0.15, -0.1) is 0 Å². The maximum atomic E-state index is 13.2. The van der Waals surface area contributed by atoms with E-state index in [0.29, 0.717) is 17.9 Å². The van der Waals surface area contributed by atoms with Gasteiger partial charge in [0.2, 0.25) is 0 Å². The number of hydrogen-bond donors (Lipinski definition) is 1. The van der Waals surface area contributed by atoms with Crippen LogP contribution in [0.1, 0.15) is 30.1 Å². The minimum atomic E-state index is -0.408. The lowest BCUT2D eigenvalue weighted by Crippen LogP contribution is -2.31. The standard InChI is InChI=1S/C13H16FNO2/c1-2-17-12-6-5-9(14)8-10(12)13(16)11-4-3-7-15-11/h5-6,8,11,15H,2-4,7H2,1H3. The highest BCUT2D eigenvalue weighted by atomic mass is 19.1. The van der Waals surface area contributed by atoms with Crippen LogP contribution in [0.4, 0.5) is 4.39 Å². The average molecular weight is 237 g/mol. The summed E-state index contributed by atoms with van der Waals surface area (Å²) < 4.78 is 18.6. The van der Waals surface area contributed by atoms with Gasteiger partial charge in [0, 0.05) is 0 Å². The molecule has 4 heteroatoms. The van der Waals surface area contributed by atoms with E-state index in [1.165, 1.54) is 18.2 Å². The second-order valence-electron chi connectivity index (χ2n) is 4.09. The summed E-state index contributed by atoms with van der Waals surface area (Å²) >= 11 is 0. The zero-order valence-electron chi connectivity index (χ0n) is 9.83. The maximum Gasteiger partial charge on any atom is 0.183 e. The molecule has 1 unspecified atom stereocenters. The van der Waals surface area contributed by atoms with E-state index in [1.807, 2.05) is 6.92 Å². The van der Waals surface area contributed by atoms with Gasteiger partial charge in [-0.25, -0.2) is 4.39 Å². The smallest absolute Gasteiger partial charge is 0.183 e. The lowest BCUT2D eigenvalue weighted by atomic mass is 10.0. The highest BCUT2D eigenvalue weighted by Crippen LogP contribution is 2.23. The third-order valence-corrected chi connectivity index (χ3v) is 2.88. The third kappa shape index (κ3) is 2.64. The second-order valence-corrected chi connectivity index (χ2v) is 4.09. The quantitative estimate of drug-likeness (QED) is 0.815. The minimum absolute atomic E-state index is 0.0783. The van der Waals surface area contributed by atoms with Crippen LogP contribution in [0, 0.1) is 5.82 Å². The Labute approximate surface area is 100.0 Å². The normalized spacial score (nSPS) is 19.3. The summed E-state index contributed by atoms with van der Waals surface area (Å²) in [6.45, 7) is 3.14. The van der Waals surface area contributed by atoms with Crippen LogP contribution in [-0.2, 0) is 0 Å². The molecule has 1 N–H and O–H groups in total. The number of carbonyl (C=O) groups excluding carboxylic acids is 1. The molecule has 1 aromatic rings. The summed E-state index contributed by atoms with van der Waals surface area (Å²) in [4.78, 5) is 12.2. The summed E-state index contributed by atoms with van der Waals surface area (Å²) in [7, 11) is 0. The van der Waals surface area contributed by atoms with Crippen LogP contribution >= 0.6 is 0 Å². The van der Waals surface area contributed by atoms with Crippen molar-refractivity contribution in [1.82, 2.24) is 5.32 Å². The maximum absolute atomic E-state index is 13.2. The number of carbonyl (C=O) groups is 1. The van der Waals surface area contributed by atoms with Gasteiger partial charge >= 0.3 is 0 Å². The predicted molar refractivity (Wildman–Crippen MR) is 62.9 cm³/mol. The van der Waals surface area contributed by atoms with E-state index >= 15 is 0 Å². The lowest BCUT2D eigenvalue weighted by molar-refractivity contribution is 0.0948. The van der Waals surface area contributed by atoms with Crippen molar-refractivity contribution in [1.29, 1.82) is 0 Å². The molecule has 2 rings (SSSR count). The summed E-state index contributed by atoms with van der Waals surface area (Å²) in [6.07, 6.45) is 1.79. The van der Waals surface area contributed by atoms with Gasteiger partial charge in [-0.2, -0.15) is 0 Å². The molecule has 0 radical (unpaired) electrons. The average Bonchev–Trinajstić information content (AvgIpc) is 2.84. The summed E-state index contributed by atoms with van der Waals surface area (Å²) in [5.74, 6) is -0.0205. The molecule has 1 aliphatic heterocycles. The minimum Gasteiger partial charge on any atom is -0.493 e. The van der Waals surface area contributed by atoms with Crippen LogP contribution in [0.25, 0.3) is 0 Å². The van der Waals surface area contributed by atoms with Gasteiger partial charge in [0.1, 0.15) is 11.6 Å². The van der Waals surface area contributed by atoms with Crippen molar-refractivity contribution < 1.29 is 13.9 Å². The first-order valence-electron chi connectivity index (χ1n) is 5.92. The van der Waals surface area contributed by atoms with Crippen LogP contribution in [0.3, 0.4) is 0 Å². The molecular weight excluding hydrogens is 221 g/mol. The Kier molecular flexibility index (Phi) is 3.74. The molecular formula is C13H16FNO2. The van der Waals surface area contributed by atoms with Crippen LogP contribution in [0.2, 0.25) is 0 Å². The number of benzene rings is 1. The number of ether oxygens (including phenoxy) is 1. The van der Waals surface area contributed by atoms with Crippen molar-refractivity contribution in [3.8, 4) is 5.75 Å². The zero-order valence-corrected chi connectivity index (χ0v) is 9.83. The first kappa shape index (κ1) is 12.0. The van der Waals surface area contributed by atoms with Crippen LogP contribution in [-0.4, -0.2) is 25.0 Å². The Balaban J connectivity index is 2.28. The lowest BCUT2D eigenvalue weighted by Gasteiger charge is -2.13. The molecule has 1 atom stereocenters. The van der Waals surface area contributed by atoms with Crippen molar-refractivity contribution in [2.75, 3.05) is 13.2 Å². The van der Waals surface area contributed by atoms with E-state index in [0.717, 1.165) is 19.4 Å². The molecule has 92 valence electrons. The van der Waals surface area contributed by atoms with Crippen LogP contribution in [0.5, 0.6) is 5.75 Å². The summed E-state index contributed by atoms with van der Waals surface area (Å²) in [5.41, 5.74) is 0.339. The SMILES string of the molecule is CCOc1ccc(F)cc1C(=O)C1CCCN1. The first-order valence-corrected chi connectivity index (χ1v) is 5.92. The van der Waals surface area contributed by atoms with Crippen molar-refractivity contribution in [2.24, 2.45) is 0 Å². The zero-order chi connectivity index (χ0) is 12.3. The number of ketones is 1. The number of nitrogens with one attached hydrogen (secondary N) is 1. The van der Waals surface area contributed by atoms with Crippen molar-refractivity contribution in [3.05, 3.63) is 29.6 Å². The number of hydrogen-bond acceptors (Lipinski definition) is 3. The van der Waals surface area contributed by atoms with Gasteiger partial charge in [0.05, 0.1) is 18.2 Å². The molecule has 1 aliphatic rings.